The molecular weight excluding hydrogens is 395 g/mol. The van der Waals surface area contributed by atoms with Gasteiger partial charge in [0.1, 0.15) is 5.82 Å². The zero-order valence-electron chi connectivity index (χ0n) is 14.3. The van der Waals surface area contributed by atoms with Gasteiger partial charge in [0, 0.05) is 12.0 Å². The van der Waals surface area contributed by atoms with Gasteiger partial charge in [-0.15, -0.1) is 0 Å². The predicted octanol–water partition coefficient (Wildman–Crippen LogP) is 5.95. The first-order valence-corrected chi connectivity index (χ1v) is 7.64. The van der Waals surface area contributed by atoms with Crippen molar-refractivity contribution in [3.63, 3.8) is 0 Å². The standard InChI is InChI=1S/C9H5F6NO.C9H9FO/c10-8(11,12)6-1-5(4-16-17)2-7(3-6)9(13,14)15;1-2-9(11)7-3-5-8(10)6-4-7/h1-4,17H;3-6H,2H2,1H3. The number of nitrogens with zero attached hydrogens (tertiary/aromatic N) is 1. The normalized spacial score (nSPS) is 11.9. The van der Waals surface area contributed by atoms with Gasteiger partial charge in [-0.25, -0.2) is 4.39 Å². The molecule has 0 spiro atoms. The van der Waals surface area contributed by atoms with E-state index in [2.05, 4.69) is 5.16 Å². The van der Waals surface area contributed by atoms with Crippen LogP contribution in [-0.2, 0) is 12.4 Å². The highest BCUT2D eigenvalue weighted by Gasteiger charge is 2.36. The van der Waals surface area contributed by atoms with Crippen molar-refractivity contribution in [2.24, 2.45) is 5.16 Å². The number of carbonyl (C=O) groups excluding carboxylic acids is 1. The fourth-order valence-corrected chi connectivity index (χ4v) is 1.96. The summed E-state index contributed by atoms with van der Waals surface area (Å²) in [5, 5.41) is 10.5. The molecule has 0 saturated heterocycles. The molecule has 0 atom stereocenters. The van der Waals surface area contributed by atoms with Gasteiger partial charge in [0.15, 0.2) is 5.78 Å². The summed E-state index contributed by atoms with van der Waals surface area (Å²) in [5.41, 5.74) is -2.83. The second-order valence-electron chi connectivity index (χ2n) is 5.37. The topological polar surface area (TPSA) is 49.7 Å². The van der Waals surface area contributed by atoms with Crippen LogP contribution in [0.3, 0.4) is 0 Å². The van der Waals surface area contributed by atoms with Gasteiger partial charge in [0.05, 0.1) is 17.3 Å². The molecule has 2 rings (SSSR count). The molecule has 0 bridgehead atoms. The molecule has 2 aromatic carbocycles. The van der Waals surface area contributed by atoms with Crippen molar-refractivity contribution >= 4 is 12.0 Å². The molecule has 0 amide bonds. The second kappa shape index (κ2) is 9.34. The van der Waals surface area contributed by atoms with E-state index < -0.39 is 29.0 Å². The van der Waals surface area contributed by atoms with Gasteiger partial charge >= 0.3 is 12.4 Å². The highest BCUT2D eigenvalue weighted by atomic mass is 19.4. The maximum absolute atomic E-state index is 12.3. The van der Waals surface area contributed by atoms with E-state index in [0.717, 1.165) is 0 Å². The van der Waals surface area contributed by atoms with Crippen LogP contribution in [0, 0.1) is 5.82 Å². The Hall–Kier alpha value is -2.91. The zero-order chi connectivity index (χ0) is 21.5. The van der Waals surface area contributed by atoms with Crippen LogP contribution in [0.25, 0.3) is 0 Å². The molecule has 28 heavy (non-hydrogen) atoms. The fourth-order valence-electron chi connectivity index (χ4n) is 1.96. The minimum atomic E-state index is -4.90. The van der Waals surface area contributed by atoms with Gasteiger partial charge in [0.2, 0.25) is 0 Å². The van der Waals surface area contributed by atoms with E-state index in [1.807, 2.05) is 0 Å². The van der Waals surface area contributed by atoms with Crippen molar-refractivity contribution in [3.05, 3.63) is 70.5 Å². The minimum absolute atomic E-state index is 0.00524. The SMILES string of the molecule is CCC(=O)c1ccc(F)cc1.ON=Cc1cc(C(F)(F)F)cc(C(F)(F)F)c1. The molecular formula is C18H14F7NO2. The first-order chi connectivity index (χ1) is 12.9. The molecule has 0 fully saturated rings. The minimum Gasteiger partial charge on any atom is -0.411 e. The maximum Gasteiger partial charge on any atom is 0.416 e. The molecule has 0 unspecified atom stereocenters. The van der Waals surface area contributed by atoms with Crippen LogP contribution in [-0.4, -0.2) is 17.2 Å². The smallest absolute Gasteiger partial charge is 0.411 e. The molecule has 0 aromatic heterocycles. The van der Waals surface area contributed by atoms with Gasteiger partial charge in [-0.05, 0) is 48.0 Å². The Bertz CT molecular complexity index is 793. The Balaban J connectivity index is 0.000000307. The van der Waals surface area contributed by atoms with Crippen LogP contribution >= 0.6 is 0 Å². The van der Waals surface area contributed by atoms with Crippen LogP contribution in [0.4, 0.5) is 30.7 Å². The highest BCUT2D eigenvalue weighted by Crippen LogP contribution is 2.35. The highest BCUT2D eigenvalue weighted by molar-refractivity contribution is 5.95. The molecule has 0 saturated carbocycles. The Kier molecular flexibility index (Phi) is 7.71. The lowest BCUT2D eigenvalue weighted by Crippen LogP contribution is -2.11. The van der Waals surface area contributed by atoms with E-state index in [9.17, 15) is 35.5 Å². The first-order valence-electron chi connectivity index (χ1n) is 7.64. The van der Waals surface area contributed by atoms with Gasteiger partial charge in [-0.2, -0.15) is 26.3 Å². The number of rotatable bonds is 3. The molecule has 0 aliphatic rings. The number of hydrogen-bond acceptors (Lipinski definition) is 3. The summed E-state index contributed by atoms with van der Waals surface area (Å²) in [4.78, 5) is 11.0. The predicted molar refractivity (Wildman–Crippen MR) is 86.8 cm³/mol. The fraction of sp³-hybridized carbons (Fsp3) is 0.222. The third-order valence-corrected chi connectivity index (χ3v) is 3.30. The van der Waals surface area contributed by atoms with Crippen LogP contribution < -0.4 is 0 Å². The Labute approximate surface area is 155 Å². The van der Waals surface area contributed by atoms with E-state index in [-0.39, 0.29) is 17.7 Å². The monoisotopic (exact) mass is 409 g/mol. The first kappa shape index (κ1) is 23.1. The number of alkyl halides is 6. The average molecular weight is 409 g/mol. The van der Waals surface area contributed by atoms with Crippen molar-refractivity contribution in [1.82, 2.24) is 0 Å². The lowest BCUT2D eigenvalue weighted by molar-refractivity contribution is -0.143. The maximum atomic E-state index is 12.3. The summed E-state index contributed by atoms with van der Waals surface area (Å²) in [6.07, 6.45) is -8.85. The molecule has 3 nitrogen and oxygen atoms in total. The molecule has 1 N–H and O–H groups in total. The van der Waals surface area contributed by atoms with Crippen molar-refractivity contribution in [3.8, 4) is 0 Å². The van der Waals surface area contributed by atoms with Crippen molar-refractivity contribution in [2.75, 3.05) is 0 Å². The van der Waals surface area contributed by atoms with E-state index in [1.165, 1.54) is 24.3 Å². The van der Waals surface area contributed by atoms with Gasteiger partial charge in [0.25, 0.3) is 0 Å². The molecule has 10 heteroatoms. The summed E-state index contributed by atoms with van der Waals surface area (Å²) in [5.74, 6) is -0.261. The number of Topliss-reactive ketones (excluding diaryl/α,β-unsaturated/α-hetero) is 1. The Morgan fingerprint density at radius 3 is 1.79 bits per heavy atom. The van der Waals surface area contributed by atoms with Crippen molar-refractivity contribution < 1.29 is 40.7 Å². The van der Waals surface area contributed by atoms with Crippen LogP contribution in [0.15, 0.2) is 47.6 Å². The number of halogens is 7. The zero-order valence-corrected chi connectivity index (χ0v) is 14.3. The van der Waals surface area contributed by atoms with Crippen LogP contribution in [0.5, 0.6) is 0 Å². The van der Waals surface area contributed by atoms with Gasteiger partial charge in [-0.3, -0.25) is 4.79 Å². The molecule has 0 heterocycles. The lowest BCUT2D eigenvalue weighted by Gasteiger charge is -2.12. The summed E-state index contributed by atoms with van der Waals surface area (Å²) in [6, 6.07) is 6.49. The van der Waals surface area contributed by atoms with E-state index in [4.69, 9.17) is 5.21 Å². The molecule has 152 valence electrons. The van der Waals surface area contributed by atoms with Crippen LogP contribution in [0.1, 0.15) is 40.4 Å². The summed E-state index contributed by atoms with van der Waals surface area (Å²) >= 11 is 0. The summed E-state index contributed by atoms with van der Waals surface area (Å²) < 4.78 is 86.2. The molecule has 0 radical (unpaired) electrons. The third kappa shape index (κ3) is 7.01. The Morgan fingerprint density at radius 1 is 0.964 bits per heavy atom. The van der Waals surface area contributed by atoms with Gasteiger partial charge in [-0.1, -0.05) is 12.1 Å². The Morgan fingerprint density at radius 2 is 1.43 bits per heavy atom. The third-order valence-electron chi connectivity index (χ3n) is 3.30. The van der Waals surface area contributed by atoms with Gasteiger partial charge < -0.3 is 5.21 Å². The molecule has 2 aromatic rings. The quantitative estimate of drug-likeness (QED) is 0.224. The van der Waals surface area contributed by atoms with E-state index >= 15 is 0 Å². The largest absolute Gasteiger partial charge is 0.416 e. The second-order valence-corrected chi connectivity index (χ2v) is 5.37. The van der Waals surface area contributed by atoms with Crippen molar-refractivity contribution in [2.45, 2.75) is 25.7 Å². The number of carbonyl (C=O) groups is 1. The molecule has 0 aliphatic heterocycles. The summed E-state index contributed by atoms with van der Waals surface area (Å²) in [7, 11) is 0. The average Bonchev–Trinajstić information content (AvgIpc) is 2.61. The summed E-state index contributed by atoms with van der Waals surface area (Å²) in [6.45, 7) is 1.78. The number of oxime groups is 1. The number of benzene rings is 2. The number of hydrogen-bond donors (Lipinski definition) is 1. The molecule has 0 aliphatic carbocycles. The van der Waals surface area contributed by atoms with E-state index in [1.54, 1.807) is 6.92 Å². The van der Waals surface area contributed by atoms with Crippen LogP contribution in [0.2, 0.25) is 0 Å². The van der Waals surface area contributed by atoms with Crippen molar-refractivity contribution in [1.29, 1.82) is 0 Å². The lowest BCUT2D eigenvalue weighted by atomic mass is 10.1. The number of ketones is 1. The van der Waals surface area contributed by atoms with E-state index in [0.29, 0.717) is 30.3 Å².